The first-order chi connectivity index (χ1) is 11.7. The Morgan fingerprint density at radius 1 is 0.792 bits per heavy atom. The van der Waals surface area contributed by atoms with E-state index >= 15 is 0 Å². The summed E-state index contributed by atoms with van der Waals surface area (Å²) < 4.78 is 9.12. The van der Waals surface area contributed by atoms with E-state index in [1.165, 1.54) is 0 Å². The average Bonchev–Trinajstić information content (AvgIpc) is 2.60. The van der Waals surface area contributed by atoms with Crippen LogP contribution in [0.25, 0.3) is 4.51 Å². The first-order valence-corrected chi connectivity index (χ1v) is 13.5. The van der Waals surface area contributed by atoms with Crippen LogP contribution in [0.5, 0.6) is 0 Å². The summed E-state index contributed by atoms with van der Waals surface area (Å²) in [4.78, 5) is 0. The number of benzene rings is 1. The molecule has 4 heterocycles. The molecule has 2 aliphatic rings. The SMILES string of the molecule is [O-]C#[N+][Si-2]12(c3ccccc3)(Sc3cccc[n+]31)Sc1cccc[n+]12. The molecule has 0 radical (unpaired) electrons. The molecule has 4 nitrogen and oxygen atoms in total. The molecule has 5 rings (SSSR count). The second-order valence-corrected chi connectivity index (χ2v) is 19.7. The molecule has 118 valence electrons. The molecule has 3 aromatic rings. The fourth-order valence-electron chi connectivity index (χ4n) is 4.08. The molecule has 2 aromatic heterocycles. The van der Waals surface area contributed by atoms with Crippen LogP contribution in [0.15, 0.2) is 89.2 Å². The first-order valence-electron chi connectivity index (χ1n) is 7.62. The molecule has 0 aliphatic carbocycles. The minimum atomic E-state index is -4.27. The minimum absolute atomic E-state index is 1.07. The van der Waals surface area contributed by atoms with Crippen molar-refractivity contribution in [3.05, 3.63) is 83.6 Å². The van der Waals surface area contributed by atoms with E-state index in [-0.39, 0.29) is 0 Å². The van der Waals surface area contributed by atoms with Crippen LogP contribution in [0.3, 0.4) is 0 Å². The van der Waals surface area contributed by atoms with E-state index in [1.54, 1.807) is 22.4 Å². The van der Waals surface area contributed by atoms with Crippen molar-refractivity contribution in [2.45, 2.75) is 10.1 Å². The van der Waals surface area contributed by atoms with Gasteiger partial charge in [-0.15, -0.1) is 0 Å². The van der Waals surface area contributed by atoms with Crippen molar-refractivity contribution < 1.29 is 13.6 Å². The quantitative estimate of drug-likeness (QED) is 0.480. The van der Waals surface area contributed by atoms with Crippen LogP contribution in [0.2, 0.25) is 0 Å². The normalized spacial score (nSPS) is 22.5. The van der Waals surface area contributed by atoms with E-state index < -0.39 is 5.41 Å². The number of rotatable bonds is 1. The van der Waals surface area contributed by atoms with Crippen LogP contribution in [0.4, 0.5) is 0 Å². The third kappa shape index (κ3) is 1.15. The van der Waals surface area contributed by atoms with Crippen molar-refractivity contribution in [3.8, 4) is 6.26 Å². The van der Waals surface area contributed by atoms with Gasteiger partial charge in [0.2, 0.25) is 0 Å². The number of hydrogen-bond donors (Lipinski definition) is 0. The van der Waals surface area contributed by atoms with Gasteiger partial charge in [0, 0.05) is 0 Å². The number of nitrogens with zero attached hydrogens (tertiary/aromatic N) is 3. The van der Waals surface area contributed by atoms with Gasteiger partial charge in [0.1, 0.15) is 0 Å². The molecular formula is C17H13N3OS2Si. The third-order valence-electron chi connectivity index (χ3n) is 5.07. The summed E-state index contributed by atoms with van der Waals surface area (Å²) in [5, 5.41) is 15.0. The molecule has 1 aromatic carbocycles. The van der Waals surface area contributed by atoms with Crippen molar-refractivity contribution in [2.24, 2.45) is 0 Å². The Morgan fingerprint density at radius 3 is 1.83 bits per heavy atom. The molecule has 7 heteroatoms. The maximum atomic E-state index is 11.7. The molecule has 0 fully saturated rings. The van der Waals surface area contributed by atoms with Crippen LogP contribution in [0.1, 0.15) is 0 Å². The number of aromatic nitrogens is 2. The Labute approximate surface area is 146 Å². The zero-order valence-electron chi connectivity index (χ0n) is 12.6. The summed E-state index contributed by atoms with van der Waals surface area (Å²) in [6, 6.07) is 22.3. The molecule has 0 unspecified atom stereocenters. The summed E-state index contributed by atoms with van der Waals surface area (Å²) in [7, 11) is 0. The van der Waals surface area contributed by atoms with Crippen LogP contribution in [-0.2, 0) is 0 Å². The van der Waals surface area contributed by atoms with Crippen LogP contribution in [0, 0.1) is 6.26 Å². The van der Waals surface area contributed by atoms with Crippen LogP contribution < -0.4 is 18.8 Å². The standard InChI is InChI=1S/C17H14N3OS2Si/c21-14-18-24(15-8-2-1-3-9-15,19-12-6-4-10-16(19)22-24)20-13-7-5-11-17(20)23-24/h1-13,21H/q+1/p-1. The van der Waals surface area contributed by atoms with Crippen molar-refractivity contribution >= 4 is 33.0 Å². The molecule has 0 amide bonds. The molecule has 0 bridgehead atoms. The Kier molecular flexibility index (Phi) is 2.37. The predicted octanol–water partition coefficient (Wildman–Crippen LogP) is 1.27. The maximum absolute atomic E-state index is 11.7. The number of hydrogen-bond acceptors (Lipinski definition) is 3. The molecule has 0 saturated carbocycles. The van der Waals surface area contributed by atoms with Gasteiger partial charge in [0.25, 0.3) is 0 Å². The van der Waals surface area contributed by atoms with E-state index in [4.69, 9.17) is 0 Å². The van der Waals surface area contributed by atoms with Crippen LogP contribution >= 0.6 is 22.4 Å². The third-order valence-corrected chi connectivity index (χ3v) is 22.3. The van der Waals surface area contributed by atoms with Gasteiger partial charge in [-0.25, -0.2) is 0 Å². The first kappa shape index (κ1) is 14.1. The van der Waals surface area contributed by atoms with Gasteiger partial charge in [0.05, 0.1) is 0 Å². The fraction of sp³-hybridized carbons (Fsp3) is 0. The zero-order chi connectivity index (χ0) is 16.3. The van der Waals surface area contributed by atoms with Gasteiger partial charge < -0.3 is 0 Å². The number of pyridine rings is 2. The molecule has 1 spiro atoms. The van der Waals surface area contributed by atoms with E-state index in [1.807, 2.05) is 61.1 Å². The van der Waals surface area contributed by atoms with Crippen molar-refractivity contribution in [1.29, 1.82) is 0 Å². The van der Waals surface area contributed by atoms with Gasteiger partial charge in [-0.3, -0.25) is 0 Å². The molecule has 0 atom stereocenters. The Balaban J connectivity index is 2.05. The second-order valence-electron chi connectivity index (χ2n) is 6.06. The molecular weight excluding hydrogens is 354 g/mol. The van der Waals surface area contributed by atoms with Gasteiger partial charge >= 0.3 is 147 Å². The van der Waals surface area contributed by atoms with Crippen molar-refractivity contribution in [3.63, 3.8) is 0 Å². The van der Waals surface area contributed by atoms with E-state index in [9.17, 15) is 5.11 Å². The Hall–Kier alpha value is -2.27. The monoisotopic (exact) mass is 367 g/mol. The summed E-state index contributed by atoms with van der Waals surface area (Å²) in [5.74, 6) is 0. The summed E-state index contributed by atoms with van der Waals surface area (Å²) in [6.07, 6.45) is 6.02. The molecule has 2 aliphatic heterocycles. The summed E-state index contributed by atoms with van der Waals surface area (Å²) in [6.45, 7) is 0. The average molecular weight is 368 g/mol. The number of fused-ring (bicyclic) bond motifs is 4. The van der Waals surface area contributed by atoms with Crippen molar-refractivity contribution in [2.75, 3.05) is 0 Å². The molecule has 0 N–H and O–H groups in total. The summed E-state index contributed by atoms with van der Waals surface area (Å²) >= 11 is 3.44. The molecule has 24 heavy (non-hydrogen) atoms. The second kappa shape index (κ2) is 4.03. The Bertz CT molecular complexity index is 1040. The van der Waals surface area contributed by atoms with Gasteiger partial charge in [0.15, 0.2) is 0 Å². The Morgan fingerprint density at radius 2 is 1.33 bits per heavy atom. The van der Waals surface area contributed by atoms with Crippen LogP contribution in [-0.4, -0.2) is 5.41 Å². The topological polar surface area (TPSA) is 35.2 Å². The summed E-state index contributed by atoms with van der Waals surface area (Å²) in [5.41, 5.74) is -4.27. The van der Waals surface area contributed by atoms with E-state index in [0.29, 0.717) is 0 Å². The van der Waals surface area contributed by atoms with Gasteiger partial charge in [-0.05, 0) is 0 Å². The van der Waals surface area contributed by atoms with Gasteiger partial charge in [-0.2, -0.15) is 0 Å². The molecule has 0 saturated heterocycles. The predicted molar refractivity (Wildman–Crippen MR) is 94.9 cm³/mol. The van der Waals surface area contributed by atoms with Gasteiger partial charge in [-0.1, -0.05) is 0 Å². The van der Waals surface area contributed by atoms with E-state index in [2.05, 4.69) is 37.2 Å². The fourth-order valence-corrected chi connectivity index (χ4v) is 22.3. The van der Waals surface area contributed by atoms with E-state index in [0.717, 1.165) is 15.2 Å². The van der Waals surface area contributed by atoms with Crippen molar-refractivity contribution in [1.82, 2.24) is 0 Å². The zero-order valence-corrected chi connectivity index (χ0v) is 15.2.